The van der Waals surface area contributed by atoms with Crippen LogP contribution in [0.1, 0.15) is 40.5 Å². The van der Waals surface area contributed by atoms with Gasteiger partial charge in [-0.3, -0.25) is 0 Å². The number of nitrogens with zero attached hydrogens (tertiary/aromatic N) is 1. The van der Waals surface area contributed by atoms with E-state index in [4.69, 9.17) is 4.74 Å². The zero-order valence-corrected chi connectivity index (χ0v) is 13.8. The first-order valence-corrected chi connectivity index (χ1v) is 8.72. The summed E-state index contributed by atoms with van der Waals surface area (Å²) in [6, 6.07) is 0. The first-order valence-electron chi connectivity index (χ1n) is 6.83. The number of piperidine rings is 1. The zero-order valence-electron chi connectivity index (χ0n) is 13.0. The molecule has 0 bridgehead atoms. The van der Waals surface area contributed by atoms with Gasteiger partial charge in [0.15, 0.2) is 0 Å². The summed E-state index contributed by atoms with van der Waals surface area (Å²) in [7, 11) is -3.21. The summed E-state index contributed by atoms with van der Waals surface area (Å²) < 4.78 is 30.3. The van der Waals surface area contributed by atoms with E-state index in [-0.39, 0.29) is 11.5 Å². The van der Waals surface area contributed by atoms with E-state index in [0.717, 1.165) is 19.1 Å². The second-order valence-corrected chi connectivity index (χ2v) is 8.74. The van der Waals surface area contributed by atoms with Gasteiger partial charge in [0, 0.05) is 19.6 Å². The molecule has 7 heteroatoms. The molecule has 1 aliphatic heterocycles. The Labute approximate surface area is 121 Å². The van der Waals surface area contributed by atoms with Crippen LogP contribution in [0.4, 0.5) is 4.79 Å². The van der Waals surface area contributed by atoms with Gasteiger partial charge < -0.3 is 9.64 Å². The molecule has 1 aliphatic rings. The number of carbonyl (C=O) groups is 1. The molecule has 0 aromatic carbocycles. The van der Waals surface area contributed by atoms with E-state index in [1.165, 1.54) is 0 Å². The minimum atomic E-state index is -3.21. The zero-order chi connectivity index (χ0) is 15.6. The van der Waals surface area contributed by atoms with Crippen LogP contribution in [0.2, 0.25) is 0 Å². The number of carbonyl (C=O) groups excluding carboxylic acids is 1. The number of rotatable bonds is 3. The van der Waals surface area contributed by atoms with E-state index in [1.807, 2.05) is 27.7 Å². The molecule has 20 heavy (non-hydrogen) atoms. The molecule has 1 fully saturated rings. The van der Waals surface area contributed by atoms with Crippen LogP contribution < -0.4 is 4.72 Å². The molecular formula is C13H26N2O4S. The fourth-order valence-corrected chi connectivity index (χ4v) is 2.86. The standard InChI is InChI=1S/C13H26N2O4S/c1-12(2,3)19-11(16)15-8-6-7-13(4,10-15)9-14-20(5,17)18/h14H,6-10H2,1-5H3. The van der Waals surface area contributed by atoms with Crippen LogP contribution in [0.25, 0.3) is 0 Å². The smallest absolute Gasteiger partial charge is 0.410 e. The fourth-order valence-electron chi connectivity index (χ4n) is 2.25. The summed E-state index contributed by atoms with van der Waals surface area (Å²) >= 11 is 0. The molecule has 0 aliphatic carbocycles. The van der Waals surface area contributed by atoms with Crippen molar-refractivity contribution in [1.82, 2.24) is 9.62 Å². The number of hydrogen-bond acceptors (Lipinski definition) is 4. The Balaban J connectivity index is 2.63. The molecule has 0 aromatic rings. The van der Waals surface area contributed by atoms with Crippen LogP contribution in [-0.4, -0.2) is 50.9 Å². The van der Waals surface area contributed by atoms with E-state index in [0.29, 0.717) is 19.6 Å². The maximum Gasteiger partial charge on any atom is 0.410 e. The van der Waals surface area contributed by atoms with Gasteiger partial charge in [-0.2, -0.15) is 0 Å². The minimum absolute atomic E-state index is 0.252. The Morgan fingerprint density at radius 3 is 2.50 bits per heavy atom. The molecule has 1 N–H and O–H groups in total. The highest BCUT2D eigenvalue weighted by atomic mass is 32.2. The number of likely N-dealkylation sites (tertiary alicyclic amines) is 1. The normalized spacial score (nSPS) is 24.6. The van der Waals surface area contributed by atoms with Gasteiger partial charge in [-0.15, -0.1) is 0 Å². The van der Waals surface area contributed by atoms with Crippen molar-refractivity contribution in [2.75, 3.05) is 25.9 Å². The summed E-state index contributed by atoms with van der Waals surface area (Å²) in [6.45, 7) is 8.98. The monoisotopic (exact) mass is 306 g/mol. The molecule has 6 nitrogen and oxygen atoms in total. The van der Waals surface area contributed by atoms with Crippen molar-refractivity contribution in [2.24, 2.45) is 5.41 Å². The summed E-state index contributed by atoms with van der Waals surface area (Å²) in [5, 5.41) is 0. The van der Waals surface area contributed by atoms with E-state index < -0.39 is 15.6 Å². The molecule has 1 unspecified atom stereocenters. The van der Waals surface area contributed by atoms with Crippen LogP contribution >= 0.6 is 0 Å². The van der Waals surface area contributed by atoms with E-state index in [9.17, 15) is 13.2 Å². The highest BCUT2D eigenvalue weighted by Gasteiger charge is 2.35. The third-order valence-electron chi connectivity index (χ3n) is 3.19. The molecule has 1 atom stereocenters. The quantitative estimate of drug-likeness (QED) is 0.859. The molecule has 1 amide bonds. The van der Waals surface area contributed by atoms with Gasteiger partial charge in [-0.05, 0) is 39.0 Å². The first kappa shape index (κ1) is 17.2. The van der Waals surface area contributed by atoms with Gasteiger partial charge in [-0.25, -0.2) is 17.9 Å². The molecule has 1 saturated heterocycles. The van der Waals surface area contributed by atoms with Crippen molar-refractivity contribution in [2.45, 2.75) is 46.1 Å². The maximum atomic E-state index is 12.1. The third kappa shape index (κ3) is 6.09. The number of nitrogens with one attached hydrogen (secondary N) is 1. The molecule has 0 saturated carbocycles. The summed E-state index contributed by atoms with van der Waals surface area (Å²) in [5.74, 6) is 0. The van der Waals surface area contributed by atoms with E-state index in [1.54, 1.807) is 4.90 Å². The largest absolute Gasteiger partial charge is 0.444 e. The van der Waals surface area contributed by atoms with Gasteiger partial charge in [0.1, 0.15) is 5.60 Å². The van der Waals surface area contributed by atoms with Gasteiger partial charge in [0.2, 0.25) is 10.0 Å². The number of sulfonamides is 1. The Morgan fingerprint density at radius 1 is 1.40 bits per heavy atom. The predicted molar refractivity (Wildman–Crippen MR) is 78.0 cm³/mol. The summed E-state index contributed by atoms with van der Waals surface area (Å²) in [5.41, 5.74) is -0.770. The fraction of sp³-hybridized carbons (Fsp3) is 0.923. The second kappa shape index (κ2) is 5.89. The first-order chi connectivity index (χ1) is 8.90. The average Bonchev–Trinajstić information content (AvgIpc) is 2.23. The van der Waals surface area contributed by atoms with E-state index >= 15 is 0 Å². The third-order valence-corrected chi connectivity index (χ3v) is 3.86. The van der Waals surface area contributed by atoms with Crippen LogP contribution in [0.3, 0.4) is 0 Å². The Hall–Kier alpha value is -0.820. The second-order valence-electron chi connectivity index (χ2n) is 6.91. The number of amides is 1. The molecule has 0 radical (unpaired) electrons. The SMILES string of the molecule is CC1(CNS(C)(=O)=O)CCCN(C(=O)OC(C)(C)C)C1. The van der Waals surface area contributed by atoms with Crippen LogP contribution in [0.15, 0.2) is 0 Å². The lowest BCUT2D eigenvalue weighted by Gasteiger charge is -2.40. The van der Waals surface area contributed by atoms with Crippen LogP contribution in [-0.2, 0) is 14.8 Å². The Bertz CT molecular complexity index is 455. The van der Waals surface area contributed by atoms with Gasteiger partial charge in [-0.1, -0.05) is 6.92 Å². The molecule has 118 valence electrons. The van der Waals surface area contributed by atoms with Crippen LogP contribution in [0.5, 0.6) is 0 Å². The molecule has 1 rings (SSSR count). The van der Waals surface area contributed by atoms with Crippen LogP contribution in [0, 0.1) is 5.41 Å². The maximum absolute atomic E-state index is 12.1. The van der Waals surface area contributed by atoms with Gasteiger partial charge in [0.25, 0.3) is 0 Å². The highest BCUT2D eigenvalue weighted by molar-refractivity contribution is 7.88. The van der Waals surface area contributed by atoms with Gasteiger partial charge >= 0.3 is 6.09 Å². The van der Waals surface area contributed by atoms with Crippen molar-refractivity contribution in [3.63, 3.8) is 0 Å². The predicted octanol–water partition coefficient (Wildman–Crippen LogP) is 1.57. The van der Waals surface area contributed by atoms with Crippen molar-refractivity contribution < 1.29 is 17.9 Å². The lowest BCUT2D eigenvalue weighted by atomic mass is 9.82. The highest BCUT2D eigenvalue weighted by Crippen LogP contribution is 2.29. The average molecular weight is 306 g/mol. The summed E-state index contributed by atoms with van der Waals surface area (Å²) in [6.07, 6.45) is 2.55. The Morgan fingerprint density at radius 2 is 2.00 bits per heavy atom. The minimum Gasteiger partial charge on any atom is -0.444 e. The molecule has 1 heterocycles. The Kier molecular flexibility index (Phi) is 5.08. The molecule has 0 spiro atoms. The van der Waals surface area contributed by atoms with Crippen molar-refractivity contribution in [3.8, 4) is 0 Å². The lowest BCUT2D eigenvalue weighted by Crippen LogP contribution is -2.50. The van der Waals surface area contributed by atoms with Crippen molar-refractivity contribution in [3.05, 3.63) is 0 Å². The molecular weight excluding hydrogens is 280 g/mol. The number of hydrogen-bond donors (Lipinski definition) is 1. The topological polar surface area (TPSA) is 75.7 Å². The summed E-state index contributed by atoms with van der Waals surface area (Å²) in [4.78, 5) is 13.7. The lowest BCUT2D eigenvalue weighted by molar-refractivity contribution is 0.00748. The van der Waals surface area contributed by atoms with Crippen molar-refractivity contribution >= 4 is 16.1 Å². The van der Waals surface area contributed by atoms with E-state index in [2.05, 4.69) is 4.72 Å². The van der Waals surface area contributed by atoms with Gasteiger partial charge in [0.05, 0.1) is 6.26 Å². The molecule has 0 aromatic heterocycles. The van der Waals surface area contributed by atoms with Crippen molar-refractivity contribution in [1.29, 1.82) is 0 Å². The number of ether oxygens (including phenoxy) is 1.